The van der Waals surface area contributed by atoms with E-state index in [-0.39, 0.29) is 54.7 Å². The summed E-state index contributed by atoms with van der Waals surface area (Å²) in [5.74, 6) is -0.591. The Labute approximate surface area is 242 Å². The number of fused-ring (bicyclic) bond motifs is 2. The van der Waals surface area contributed by atoms with E-state index < -0.39 is 39.8 Å². The number of H-pyrrole nitrogens is 1. The fraction of sp³-hybridized carbons (Fsp3) is 0.545. The van der Waals surface area contributed by atoms with Crippen LogP contribution in [0.1, 0.15) is 44.2 Å². The molecule has 232 valence electrons. The summed E-state index contributed by atoms with van der Waals surface area (Å²) in [7, 11) is -9.41. The van der Waals surface area contributed by atoms with Crippen molar-refractivity contribution < 1.29 is 37.4 Å². The van der Waals surface area contributed by atoms with Crippen molar-refractivity contribution in [2.45, 2.75) is 50.3 Å². The van der Waals surface area contributed by atoms with Gasteiger partial charge in [-0.15, -0.1) is 0 Å². The molecule has 1 unspecified atom stereocenters. The number of aromatic nitrogens is 8. The summed E-state index contributed by atoms with van der Waals surface area (Å²) in [5.41, 5.74) is 12.5. The highest BCUT2D eigenvalue weighted by Gasteiger charge is 2.42. The Morgan fingerprint density at radius 1 is 0.907 bits per heavy atom. The number of nitrogens with zero attached hydrogens (tertiary/aromatic N) is 7. The van der Waals surface area contributed by atoms with Crippen LogP contribution >= 0.6 is 15.6 Å². The number of hydrogen-bond donors (Lipinski definition) is 6. The molecule has 2 saturated carbocycles. The maximum absolute atomic E-state index is 13.1. The standard InChI is InChI=1S/C22H30N10O9P2/c23-18-16-19(26-8-25-18)32(9-27-16)14-4-12(7-39-42(34,35)36)15(5-14)41-43(37,38)40-6-11-1-2-13(3-11)31-10-28-17-20(31)29-22(24)30-21(17)33/h8-15H,1-7H2,(H,37,38)(H2,23,25,26)(H2,34,35,36)(H3,24,29,30,33)/t11-,12-,13+,14-,15+/m1/s1. The third-order valence-electron chi connectivity index (χ3n) is 7.94. The average molecular weight is 640 g/mol. The lowest BCUT2D eigenvalue weighted by Crippen LogP contribution is -2.22. The van der Waals surface area contributed by atoms with Crippen molar-refractivity contribution in [2.24, 2.45) is 11.8 Å². The Kier molecular flexibility index (Phi) is 7.85. The SMILES string of the molecule is Nc1nc2c(ncn2[C@H]2CC[C@@H](COP(=O)(O)O[C@H]3C[C@H](n4cnc5c(N)ncnc54)C[C@@H]3COP(=O)(O)O)C2)c(=O)[nH]1. The molecule has 0 radical (unpaired) electrons. The van der Waals surface area contributed by atoms with Crippen LogP contribution in [0, 0.1) is 11.8 Å². The van der Waals surface area contributed by atoms with Crippen LogP contribution < -0.4 is 17.0 Å². The molecule has 0 saturated heterocycles. The first-order chi connectivity index (χ1) is 20.4. The number of nitrogens with one attached hydrogen (secondary N) is 1. The molecule has 0 amide bonds. The first-order valence-corrected chi connectivity index (χ1v) is 16.4. The summed E-state index contributed by atoms with van der Waals surface area (Å²) in [5, 5.41) is 0. The van der Waals surface area contributed by atoms with Gasteiger partial charge in [0.25, 0.3) is 5.56 Å². The van der Waals surface area contributed by atoms with Gasteiger partial charge in [-0.2, -0.15) is 4.98 Å². The number of anilines is 2. The lowest BCUT2D eigenvalue weighted by Gasteiger charge is -2.23. The lowest BCUT2D eigenvalue weighted by molar-refractivity contribution is 0.0554. The zero-order chi connectivity index (χ0) is 30.5. The number of nitrogen functional groups attached to an aromatic ring is 2. The maximum atomic E-state index is 13.1. The zero-order valence-electron chi connectivity index (χ0n) is 22.5. The lowest BCUT2D eigenvalue weighted by atomic mass is 10.1. The second-order valence-corrected chi connectivity index (χ2v) is 13.4. The van der Waals surface area contributed by atoms with Crippen LogP contribution in [0.25, 0.3) is 22.3 Å². The highest BCUT2D eigenvalue weighted by Crippen LogP contribution is 2.52. The van der Waals surface area contributed by atoms with Crippen molar-refractivity contribution in [1.29, 1.82) is 0 Å². The third kappa shape index (κ3) is 6.34. The largest absolute Gasteiger partial charge is 0.472 e. The van der Waals surface area contributed by atoms with Crippen LogP contribution in [0.5, 0.6) is 0 Å². The van der Waals surface area contributed by atoms with Gasteiger partial charge < -0.3 is 35.3 Å². The fourth-order valence-electron chi connectivity index (χ4n) is 5.98. The third-order valence-corrected chi connectivity index (χ3v) is 9.44. The topological polar surface area (TPSA) is 282 Å². The van der Waals surface area contributed by atoms with Gasteiger partial charge in [0.15, 0.2) is 22.6 Å². The van der Waals surface area contributed by atoms with Gasteiger partial charge in [0.05, 0.1) is 32.0 Å². The molecule has 0 aromatic carbocycles. The summed E-state index contributed by atoms with van der Waals surface area (Å²) in [4.78, 5) is 64.4. The molecular formula is C22H30N10O9P2. The Hall–Kier alpha value is -3.28. The number of imidazole rings is 2. The van der Waals surface area contributed by atoms with E-state index in [0.29, 0.717) is 36.1 Å². The molecule has 0 aliphatic heterocycles. The molecule has 0 spiro atoms. The van der Waals surface area contributed by atoms with Gasteiger partial charge >= 0.3 is 15.6 Å². The van der Waals surface area contributed by atoms with Gasteiger partial charge in [-0.3, -0.25) is 23.3 Å². The van der Waals surface area contributed by atoms with Crippen molar-refractivity contribution in [3.63, 3.8) is 0 Å². The second kappa shape index (κ2) is 11.3. The quantitative estimate of drug-likeness (QED) is 0.132. The normalized spacial score (nSPS) is 26.0. The molecule has 21 heteroatoms. The summed E-state index contributed by atoms with van der Waals surface area (Å²) in [6, 6.07) is -0.427. The van der Waals surface area contributed by atoms with Crippen LogP contribution in [-0.4, -0.2) is 73.0 Å². The molecule has 8 N–H and O–H groups in total. The van der Waals surface area contributed by atoms with Crippen LogP contribution in [0.15, 0.2) is 23.8 Å². The van der Waals surface area contributed by atoms with E-state index in [1.54, 1.807) is 9.13 Å². The van der Waals surface area contributed by atoms with E-state index in [9.17, 15) is 28.6 Å². The molecule has 6 atom stereocenters. The number of phosphoric ester groups is 2. The molecule has 2 aliphatic rings. The van der Waals surface area contributed by atoms with E-state index >= 15 is 0 Å². The van der Waals surface area contributed by atoms with Crippen LogP contribution in [0.4, 0.5) is 11.8 Å². The Morgan fingerprint density at radius 2 is 1.65 bits per heavy atom. The molecule has 4 aromatic heterocycles. The summed E-state index contributed by atoms with van der Waals surface area (Å²) in [6.07, 6.45) is 5.80. The number of phosphoric acid groups is 2. The first kappa shape index (κ1) is 29.8. The predicted octanol–water partition coefficient (Wildman–Crippen LogP) is 1.03. The first-order valence-electron chi connectivity index (χ1n) is 13.4. The predicted molar refractivity (Wildman–Crippen MR) is 149 cm³/mol. The number of hydrogen-bond acceptors (Lipinski definition) is 13. The summed E-state index contributed by atoms with van der Waals surface area (Å²) >= 11 is 0. The minimum Gasteiger partial charge on any atom is -0.382 e. The van der Waals surface area contributed by atoms with E-state index in [2.05, 4.69) is 29.9 Å². The van der Waals surface area contributed by atoms with Gasteiger partial charge in [-0.05, 0) is 38.0 Å². The highest BCUT2D eigenvalue weighted by atomic mass is 31.2. The average Bonchev–Trinajstić information content (AvgIpc) is 3.71. The molecule has 43 heavy (non-hydrogen) atoms. The molecule has 2 fully saturated rings. The monoisotopic (exact) mass is 640 g/mol. The van der Waals surface area contributed by atoms with Crippen LogP contribution in [-0.2, 0) is 22.7 Å². The smallest absolute Gasteiger partial charge is 0.382 e. The van der Waals surface area contributed by atoms with Gasteiger partial charge in [-0.1, -0.05) is 0 Å². The van der Waals surface area contributed by atoms with Crippen molar-refractivity contribution in [3.8, 4) is 0 Å². The van der Waals surface area contributed by atoms with Crippen molar-refractivity contribution in [2.75, 3.05) is 24.7 Å². The Bertz CT molecular complexity index is 1800. The summed E-state index contributed by atoms with van der Waals surface area (Å²) in [6.45, 7) is -0.491. The number of aromatic amines is 1. The number of rotatable bonds is 10. The minimum absolute atomic E-state index is 0.0206. The minimum atomic E-state index is -4.81. The fourth-order valence-corrected chi connectivity index (χ4v) is 7.43. The number of nitrogens with two attached hydrogens (primary N) is 2. The Morgan fingerprint density at radius 3 is 2.42 bits per heavy atom. The Balaban J connectivity index is 1.11. The van der Waals surface area contributed by atoms with Gasteiger partial charge in [0, 0.05) is 18.0 Å². The van der Waals surface area contributed by atoms with Crippen molar-refractivity contribution in [3.05, 3.63) is 29.3 Å². The van der Waals surface area contributed by atoms with E-state index in [1.165, 1.54) is 19.0 Å². The molecule has 4 aromatic rings. The molecule has 6 rings (SSSR count). The van der Waals surface area contributed by atoms with E-state index in [0.717, 1.165) is 0 Å². The molecule has 2 aliphatic carbocycles. The maximum Gasteiger partial charge on any atom is 0.472 e. The van der Waals surface area contributed by atoms with Gasteiger partial charge in [-0.25, -0.2) is 29.1 Å². The van der Waals surface area contributed by atoms with Crippen molar-refractivity contribution in [1.82, 2.24) is 39.0 Å². The van der Waals surface area contributed by atoms with Gasteiger partial charge in [0.1, 0.15) is 11.8 Å². The summed E-state index contributed by atoms with van der Waals surface area (Å²) < 4.78 is 43.6. The molecule has 4 heterocycles. The molecule has 19 nitrogen and oxygen atoms in total. The van der Waals surface area contributed by atoms with E-state index in [4.69, 9.17) is 25.0 Å². The molecule has 0 bridgehead atoms. The highest BCUT2D eigenvalue weighted by molar-refractivity contribution is 7.47. The zero-order valence-corrected chi connectivity index (χ0v) is 24.3. The molecular weight excluding hydrogens is 610 g/mol. The van der Waals surface area contributed by atoms with Crippen LogP contribution in [0.3, 0.4) is 0 Å². The van der Waals surface area contributed by atoms with Crippen LogP contribution in [0.2, 0.25) is 0 Å². The van der Waals surface area contributed by atoms with E-state index in [1.807, 2.05) is 0 Å². The second-order valence-electron chi connectivity index (χ2n) is 10.8. The van der Waals surface area contributed by atoms with Crippen molar-refractivity contribution >= 4 is 49.7 Å². The van der Waals surface area contributed by atoms with Gasteiger partial charge in [0.2, 0.25) is 5.95 Å².